The van der Waals surface area contributed by atoms with Crippen molar-refractivity contribution in [1.82, 2.24) is 4.98 Å². The summed E-state index contributed by atoms with van der Waals surface area (Å²) in [4.78, 5) is 4.29. The van der Waals surface area contributed by atoms with Crippen LogP contribution in [0.4, 0.5) is 10.8 Å². The van der Waals surface area contributed by atoms with Crippen molar-refractivity contribution in [2.24, 2.45) is 0 Å². The van der Waals surface area contributed by atoms with Gasteiger partial charge in [0.25, 0.3) is 0 Å². The molecule has 1 aromatic heterocycles. The van der Waals surface area contributed by atoms with Gasteiger partial charge in [0.2, 0.25) is 0 Å². The Bertz CT molecular complexity index is 534. The Labute approximate surface area is 110 Å². The van der Waals surface area contributed by atoms with Gasteiger partial charge in [0.05, 0.1) is 5.69 Å². The molecule has 0 unspecified atom stereocenters. The smallest absolute Gasteiger partial charge is 0.189 e. The number of aryl methyl sites for hydroxylation is 2. The molecule has 5 heteroatoms. The van der Waals surface area contributed by atoms with E-state index in [1.807, 2.05) is 43.5 Å². The summed E-state index contributed by atoms with van der Waals surface area (Å²) >= 11 is 6.76. The lowest BCUT2D eigenvalue weighted by molar-refractivity contribution is 1.27. The Morgan fingerprint density at radius 3 is 2.76 bits per heavy atom. The summed E-state index contributed by atoms with van der Waals surface area (Å²) in [6.45, 7) is 4.00. The van der Waals surface area contributed by atoms with Crippen LogP contribution in [-0.2, 0) is 0 Å². The molecule has 2 aromatic rings. The number of benzene rings is 1. The molecule has 0 saturated heterocycles. The van der Waals surface area contributed by atoms with Crippen molar-refractivity contribution in [3.05, 3.63) is 40.9 Å². The van der Waals surface area contributed by atoms with E-state index in [-0.39, 0.29) is 0 Å². The number of hydrogen-bond acceptors (Lipinski definition) is 3. The molecular weight excluding hydrogens is 250 g/mol. The van der Waals surface area contributed by atoms with Crippen LogP contribution >= 0.6 is 23.6 Å². The fourth-order valence-corrected chi connectivity index (χ4v) is 2.37. The van der Waals surface area contributed by atoms with Crippen LogP contribution in [0.1, 0.15) is 11.3 Å². The van der Waals surface area contributed by atoms with Crippen molar-refractivity contribution < 1.29 is 0 Å². The topological polar surface area (TPSA) is 37.0 Å². The van der Waals surface area contributed by atoms with Gasteiger partial charge in [-0.2, -0.15) is 0 Å². The number of thiocarbonyl (C=S) groups is 1. The predicted octanol–water partition coefficient (Wildman–Crippen LogP) is 3.57. The Morgan fingerprint density at radius 2 is 2.12 bits per heavy atom. The molecule has 88 valence electrons. The first-order chi connectivity index (χ1) is 8.13. The maximum atomic E-state index is 5.22. The van der Waals surface area contributed by atoms with Gasteiger partial charge in [-0.25, -0.2) is 4.98 Å². The zero-order chi connectivity index (χ0) is 12.3. The zero-order valence-corrected chi connectivity index (χ0v) is 11.3. The first-order valence-corrected chi connectivity index (χ1v) is 6.49. The highest BCUT2D eigenvalue weighted by atomic mass is 32.1. The molecule has 0 radical (unpaired) electrons. The van der Waals surface area contributed by atoms with Crippen molar-refractivity contribution in [3.63, 3.8) is 0 Å². The molecule has 0 aliphatic carbocycles. The van der Waals surface area contributed by atoms with Crippen LogP contribution in [-0.4, -0.2) is 10.1 Å². The summed E-state index contributed by atoms with van der Waals surface area (Å²) in [7, 11) is 0. The highest BCUT2D eigenvalue weighted by Crippen LogP contribution is 2.15. The molecule has 2 rings (SSSR count). The molecule has 1 aromatic carbocycles. The lowest BCUT2D eigenvalue weighted by atomic mass is 10.2. The van der Waals surface area contributed by atoms with E-state index in [0.29, 0.717) is 5.11 Å². The van der Waals surface area contributed by atoms with Gasteiger partial charge in [-0.3, -0.25) is 0 Å². The van der Waals surface area contributed by atoms with Gasteiger partial charge < -0.3 is 10.6 Å². The van der Waals surface area contributed by atoms with Crippen LogP contribution in [0.25, 0.3) is 0 Å². The van der Waals surface area contributed by atoms with Gasteiger partial charge >= 0.3 is 0 Å². The molecule has 2 N–H and O–H groups in total. The second-order valence-electron chi connectivity index (χ2n) is 3.74. The molecule has 3 nitrogen and oxygen atoms in total. The number of anilines is 2. The van der Waals surface area contributed by atoms with Gasteiger partial charge in [0.1, 0.15) is 0 Å². The fraction of sp³-hybridized carbons (Fsp3) is 0.167. The molecule has 1 heterocycles. The molecule has 0 atom stereocenters. The Kier molecular flexibility index (Phi) is 3.71. The number of thiazole rings is 1. The van der Waals surface area contributed by atoms with Crippen LogP contribution in [0.5, 0.6) is 0 Å². The standard InChI is InChI=1S/C12H13N3S2/c1-8-4-3-5-10(6-8)14-11(16)15-12-13-9(2)7-17-12/h3-7H,1-2H3,(H2,13,14,15,16). The summed E-state index contributed by atoms with van der Waals surface area (Å²) < 4.78 is 0. The molecule has 0 saturated carbocycles. The predicted molar refractivity (Wildman–Crippen MR) is 77.9 cm³/mol. The lowest BCUT2D eigenvalue weighted by Crippen LogP contribution is -2.18. The highest BCUT2D eigenvalue weighted by molar-refractivity contribution is 7.80. The quantitative estimate of drug-likeness (QED) is 0.812. The van der Waals surface area contributed by atoms with Crippen molar-refractivity contribution in [2.75, 3.05) is 10.6 Å². The van der Waals surface area contributed by atoms with Crippen molar-refractivity contribution in [3.8, 4) is 0 Å². The van der Waals surface area contributed by atoms with Crippen molar-refractivity contribution >= 4 is 39.5 Å². The molecule has 0 aliphatic rings. The molecule has 0 aliphatic heterocycles. The van der Waals surface area contributed by atoms with Gasteiger partial charge in [-0.05, 0) is 43.8 Å². The second-order valence-corrected chi connectivity index (χ2v) is 5.01. The summed E-state index contributed by atoms with van der Waals surface area (Å²) in [6, 6.07) is 8.06. The average molecular weight is 263 g/mol. The third-order valence-electron chi connectivity index (χ3n) is 2.12. The lowest BCUT2D eigenvalue weighted by Gasteiger charge is -2.08. The number of nitrogens with zero attached hydrogens (tertiary/aromatic N) is 1. The zero-order valence-electron chi connectivity index (χ0n) is 9.65. The number of rotatable bonds is 2. The van der Waals surface area contributed by atoms with E-state index < -0.39 is 0 Å². The third kappa shape index (κ3) is 3.51. The van der Waals surface area contributed by atoms with Crippen LogP contribution in [0.3, 0.4) is 0 Å². The summed E-state index contributed by atoms with van der Waals surface area (Å²) in [5.41, 5.74) is 3.18. The Morgan fingerprint density at radius 1 is 1.29 bits per heavy atom. The summed E-state index contributed by atoms with van der Waals surface area (Å²) in [6.07, 6.45) is 0. The van der Waals surface area contributed by atoms with Crippen LogP contribution in [0, 0.1) is 13.8 Å². The number of nitrogens with one attached hydrogen (secondary N) is 2. The van der Waals surface area contributed by atoms with Gasteiger partial charge in [-0.15, -0.1) is 11.3 Å². The minimum Gasteiger partial charge on any atom is -0.332 e. The Hall–Kier alpha value is -1.46. The highest BCUT2D eigenvalue weighted by Gasteiger charge is 2.01. The normalized spacial score (nSPS) is 10.0. The van der Waals surface area contributed by atoms with Gasteiger partial charge in [-0.1, -0.05) is 12.1 Å². The minimum absolute atomic E-state index is 0.560. The van der Waals surface area contributed by atoms with E-state index in [1.54, 1.807) is 11.3 Å². The van der Waals surface area contributed by atoms with E-state index in [2.05, 4.69) is 15.6 Å². The number of aromatic nitrogens is 1. The van der Waals surface area contributed by atoms with Gasteiger partial charge in [0, 0.05) is 11.1 Å². The molecule has 17 heavy (non-hydrogen) atoms. The van der Waals surface area contributed by atoms with Gasteiger partial charge in [0.15, 0.2) is 10.2 Å². The van der Waals surface area contributed by atoms with E-state index in [4.69, 9.17) is 12.2 Å². The largest absolute Gasteiger partial charge is 0.332 e. The molecular formula is C12H13N3S2. The molecule has 0 bridgehead atoms. The maximum absolute atomic E-state index is 5.22. The minimum atomic E-state index is 0.560. The van der Waals surface area contributed by atoms with Crippen LogP contribution < -0.4 is 10.6 Å². The summed E-state index contributed by atoms with van der Waals surface area (Å²) in [5, 5.41) is 9.54. The Balaban J connectivity index is 1.98. The second kappa shape index (κ2) is 5.25. The first-order valence-electron chi connectivity index (χ1n) is 5.20. The van der Waals surface area contributed by atoms with Crippen LogP contribution in [0.2, 0.25) is 0 Å². The SMILES string of the molecule is Cc1cccc(NC(=S)Nc2nc(C)cs2)c1. The van der Waals surface area contributed by atoms with E-state index in [1.165, 1.54) is 5.56 Å². The summed E-state index contributed by atoms with van der Waals surface area (Å²) in [5.74, 6) is 0. The third-order valence-corrected chi connectivity index (χ3v) is 3.20. The van der Waals surface area contributed by atoms with E-state index in [9.17, 15) is 0 Å². The maximum Gasteiger partial charge on any atom is 0.189 e. The fourth-order valence-electron chi connectivity index (χ4n) is 1.39. The molecule has 0 fully saturated rings. The molecule has 0 amide bonds. The van der Waals surface area contributed by atoms with E-state index >= 15 is 0 Å². The monoisotopic (exact) mass is 263 g/mol. The average Bonchev–Trinajstić information content (AvgIpc) is 2.63. The van der Waals surface area contributed by atoms with Crippen molar-refractivity contribution in [2.45, 2.75) is 13.8 Å². The van der Waals surface area contributed by atoms with Crippen LogP contribution in [0.15, 0.2) is 29.6 Å². The molecule has 0 spiro atoms. The van der Waals surface area contributed by atoms with Crippen molar-refractivity contribution in [1.29, 1.82) is 0 Å². The first kappa shape index (κ1) is 12.0. The van der Waals surface area contributed by atoms with E-state index in [0.717, 1.165) is 16.5 Å². The number of hydrogen-bond donors (Lipinski definition) is 2.